The maximum atomic E-state index is 14.2. The average molecular weight is 996 g/mol. The van der Waals surface area contributed by atoms with Crippen LogP contribution in [0.3, 0.4) is 0 Å². The van der Waals surface area contributed by atoms with Gasteiger partial charge in [0, 0.05) is 43.6 Å². The van der Waals surface area contributed by atoms with Gasteiger partial charge in [0.05, 0.1) is 67.6 Å². The highest BCUT2D eigenvalue weighted by atomic mass is 16.5. The first-order chi connectivity index (χ1) is 35.3. The molecular formula is C55H69N11O7. The Morgan fingerprint density at radius 1 is 0.740 bits per heavy atom. The highest BCUT2D eigenvalue weighted by molar-refractivity contribution is 5.99. The molecule has 6 heterocycles. The number of amides is 4. The molecule has 18 heteroatoms. The third kappa shape index (κ3) is 10.8. The molecule has 18 nitrogen and oxygen atoms in total. The largest absolute Gasteiger partial charge is 0.453 e. The number of nitrogens with one attached hydrogen (secondary N) is 4. The van der Waals surface area contributed by atoms with Crippen molar-refractivity contribution in [2.75, 3.05) is 68.3 Å². The van der Waals surface area contributed by atoms with E-state index in [2.05, 4.69) is 104 Å². The fourth-order valence-electron chi connectivity index (χ4n) is 10.6. The van der Waals surface area contributed by atoms with Crippen molar-refractivity contribution in [3.05, 3.63) is 95.9 Å². The zero-order chi connectivity index (χ0) is 51.3. The van der Waals surface area contributed by atoms with Gasteiger partial charge in [0.1, 0.15) is 23.7 Å². The SMILES string of the molecule is CCCCN(C(=O)[C@@H](NC(=O)OC)C(C)C)c1nc2ccc([C@H]3CC[C@H](c4ccc5nc([C@@H]6CCCN6C(=O)[C@@H](NC(=O)OC)C(C)C)[nH]c5c4)N3c3ccc(-c4ccc(N5CCOCC5)nc4)cc3)cc2[nH]1. The molecule has 0 bridgehead atoms. The predicted octanol–water partition coefficient (Wildman–Crippen LogP) is 8.98. The summed E-state index contributed by atoms with van der Waals surface area (Å²) in [6.45, 7) is 13.7. The van der Waals surface area contributed by atoms with Crippen molar-refractivity contribution in [1.82, 2.24) is 40.5 Å². The van der Waals surface area contributed by atoms with Crippen LogP contribution in [0.15, 0.2) is 79.0 Å². The summed E-state index contributed by atoms with van der Waals surface area (Å²) in [4.78, 5) is 82.9. The number of pyridine rings is 1. The summed E-state index contributed by atoms with van der Waals surface area (Å²) in [6.07, 6.45) is 5.59. The summed E-state index contributed by atoms with van der Waals surface area (Å²) < 4.78 is 15.3. The first-order valence-corrected chi connectivity index (χ1v) is 25.8. The number of unbranched alkanes of at least 4 members (excludes halogenated alkanes) is 1. The second-order valence-corrected chi connectivity index (χ2v) is 20.1. The average Bonchev–Trinajstić information content (AvgIpc) is 4.25. The molecule has 73 heavy (non-hydrogen) atoms. The number of morpholine rings is 1. The standard InChI is InChI=1S/C55H69N11O7/c1-8-9-24-65(52(68)49(34(4)5)62-55(70)72-7)53-59-41-20-15-37(31-43(41)60-53)45-22-21-44(66(45)39-17-12-35(13-18-39)38-16-23-47(56-32-38)63-26-28-73-29-27-63)36-14-19-40-42(30-36)58-50(57-40)46-11-10-25-64(46)51(67)48(33(2)3)61-54(69)71-6/h12-20,23,30-34,44-46,48-49H,8-11,21-22,24-29H2,1-7H3,(H,57,58)(H,59,60)(H,61,69)(H,62,70)/t44-,45-,46+,48+,49+/m1/s1. The Morgan fingerprint density at radius 3 is 1.96 bits per heavy atom. The first kappa shape index (κ1) is 50.7. The van der Waals surface area contributed by atoms with Crippen LogP contribution in [0.5, 0.6) is 0 Å². The molecule has 3 fully saturated rings. The summed E-state index contributed by atoms with van der Waals surface area (Å²) in [5.41, 5.74) is 8.66. The highest BCUT2D eigenvalue weighted by Crippen LogP contribution is 2.48. The lowest BCUT2D eigenvalue weighted by molar-refractivity contribution is -0.135. The van der Waals surface area contributed by atoms with E-state index in [9.17, 15) is 19.2 Å². The van der Waals surface area contributed by atoms with Crippen molar-refractivity contribution in [3.8, 4) is 11.1 Å². The monoisotopic (exact) mass is 996 g/mol. The Balaban J connectivity index is 1.04. The molecule has 3 saturated heterocycles. The zero-order valence-electron chi connectivity index (χ0n) is 43.0. The number of methoxy groups -OCH3 is 2. The van der Waals surface area contributed by atoms with E-state index in [1.807, 2.05) is 44.9 Å². The minimum Gasteiger partial charge on any atom is -0.453 e. The Bertz CT molecular complexity index is 2890. The number of anilines is 3. The molecule has 0 radical (unpaired) electrons. The molecule has 0 spiro atoms. The number of imidazole rings is 2. The van der Waals surface area contributed by atoms with E-state index in [1.54, 1.807) is 4.90 Å². The minimum absolute atomic E-state index is 0.00677. The normalized spacial score (nSPS) is 18.9. The molecule has 0 saturated carbocycles. The van der Waals surface area contributed by atoms with Crippen molar-refractivity contribution in [2.24, 2.45) is 11.8 Å². The Hall–Kier alpha value is -7.21. The number of aromatic amines is 2. The number of benzene rings is 3. The van der Waals surface area contributed by atoms with Crippen molar-refractivity contribution < 1.29 is 33.4 Å². The lowest BCUT2D eigenvalue weighted by atomic mass is 10.0. The van der Waals surface area contributed by atoms with Gasteiger partial charge in [-0.05, 0) is 109 Å². The van der Waals surface area contributed by atoms with Crippen LogP contribution in [0, 0.1) is 11.8 Å². The van der Waals surface area contributed by atoms with Crippen LogP contribution in [-0.4, -0.2) is 120 Å². The van der Waals surface area contributed by atoms with Gasteiger partial charge in [-0.1, -0.05) is 65.3 Å². The van der Waals surface area contributed by atoms with Crippen molar-refractivity contribution >= 4 is 63.5 Å². The van der Waals surface area contributed by atoms with Gasteiger partial charge in [-0.25, -0.2) is 24.5 Å². The van der Waals surface area contributed by atoms with Crippen LogP contribution in [0.4, 0.5) is 27.0 Å². The number of hydrogen-bond donors (Lipinski definition) is 4. The van der Waals surface area contributed by atoms with E-state index in [4.69, 9.17) is 29.2 Å². The number of carbonyl (C=O) groups is 4. The van der Waals surface area contributed by atoms with E-state index in [0.717, 1.165) is 113 Å². The molecule has 3 aliphatic heterocycles. The van der Waals surface area contributed by atoms with Crippen molar-refractivity contribution in [1.29, 1.82) is 0 Å². The number of nitrogens with zero attached hydrogens (tertiary/aromatic N) is 7. The van der Waals surface area contributed by atoms with E-state index in [1.165, 1.54) is 14.2 Å². The lowest BCUT2D eigenvalue weighted by Gasteiger charge is -2.33. The van der Waals surface area contributed by atoms with Crippen LogP contribution >= 0.6 is 0 Å². The Morgan fingerprint density at radius 2 is 1.36 bits per heavy atom. The zero-order valence-corrected chi connectivity index (χ0v) is 43.0. The van der Waals surface area contributed by atoms with Crippen LogP contribution in [0.2, 0.25) is 0 Å². The number of rotatable bonds is 16. The molecule has 6 aromatic rings. The summed E-state index contributed by atoms with van der Waals surface area (Å²) in [5, 5.41) is 5.48. The van der Waals surface area contributed by atoms with Crippen LogP contribution < -0.4 is 25.3 Å². The summed E-state index contributed by atoms with van der Waals surface area (Å²) >= 11 is 0. The van der Waals surface area contributed by atoms with Crippen molar-refractivity contribution in [3.63, 3.8) is 0 Å². The fraction of sp³-hybridized carbons (Fsp3) is 0.473. The van der Waals surface area contributed by atoms with Gasteiger partial charge >= 0.3 is 12.2 Å². The number of carbonyl (C=O) groups excluding carboxylic acids is 4. The maximum absolute atomic E-state index is 14.2. The van der Waals surface area contributed by atoms with Crippen LogP contribution in [-0.2, 0) is 23.8 Å². The highest BCUT2D eigenvalue weighted by Gasteiger charge is 2.39. The molecule has 3 aromatic heterocycles. The number of aromatic nitrogens is 5. The molecule has 4 amide bonds. The molecule has 0 unspecified atom stereocenters. The molecule has 3 aliphatic rings. The number of alkyl carbamates (subject to hydrolysis) is 2. The van der Waals surface area contributed by atoms with Gasteiger partial charge in [0.2, 0.25) is 11.9 Å². The number of likely N-dealkylation sites (tertiary alicyclic amines) is 1. The summed E-state index contributed by atoms with van der Waals surface area (Å²) in [7, 11) is 2.59. The fourth-order valence-corrected chi connectivity index (χ4v) is 10.6. The van der Waals surface area contributed by atoms with Gasteiger partial charge in [0.15, 0.2) is 0 Å². The van der Waals surface area contributed by atoms with Gasteiger partial charge in [-0.2, -0.15) is 0 Å². The molecule has 5 atom stereocenters. The number of ether oxygens (including phenoxy) is 3. The molecule has 4 N–H and O–H groups in total. The summed E-state index contributed by atoms with van der Waals surface area (Å²) in [5.74, 6) is 1.38. The molecule has 0 aliphatic carbocycles. The second-order valence-electron chi connectivity index (χ2n) is 20.1. The Labute approximate surface area is 426 Å². The first-order valence-electron chi connectivity index (χ1n) is 25.8. The van der Waals surface area contributed by atoms with Crippen LogP contribution in [0.25, 0.3) is 33.2 Å². The summed E-state index contributed by atoms with van der Waals surface area (Å²) in [6, 6.07) is 23.9. The van der Waals surface area contributed by atoms with Gasteiger partial charge in [0.25, 0.3) is 5.91 Å². The number of fused-ring (bicyclic) bond motifs is 2. The predicted molar refractivity (Wildman–Crippen MR) is 281 cm³/mol. The van der Waals surface area contributed by atoms with E-state index in [-0.39, 0.29) is 41.8 Å². The molecular weight excluding hydrogens is 927 g/mol. The minimum atomic E-state index is -0.803. The van der Waals surface area contributed by atoms with E-state index in [0.29, 0.717) is 32.3 Å². The smallest absolute Gasteiger partial charge is 0.407 e. The number of hydrogen-bond acceptors (Lipinski definition) is 12. The number of H-pyrrole nitrogens is 2. The Kier molecular flexibility index (Phi) is 15.5. The molecule has 9 rings (SSSR count). The van der Waals surface area contributed by atoms with Crippen LogP contribution in [0.1, 0.15) is 108 Å². The molecule has 3 aromatic carbocycles. The van der Waals surface area contributed by atoms with E-state index < -0.39 is 24.3 Å². The van der Waals surface area contributed by atoms with Gasteiger partial charge < -0.3 is 49.5 Å². The van der Waals surface area contributed by atoms with Crippen molar-refractivity contribution in [2.45, 2.75) is 103 Å². The van der Waals surface area contributed by atoms with E-state index >= 15 is 0 Å². The maximum Gasteiger partial charge on any atom is 0.407 e. The lowest BCUT2D eigenvalue weighted by Crippen LogP contribution is -2.52. The third-order valence-corrected chi connectivity index (χ3v) is 14.6. The topological polar surface area (TPSA) is 203 Å². The molecule has 386 valence electrons. The van der Waals surface area contributed by atoms with Gasteiger partial charge in [-0.3, -0.25) is 14.5 Å². The van der Waals surface area contributed by atoms with Gasteiger partial charge in [-0.15, -0.1) is 0 Å². The second kappa shape index (κ2) is 22.3. The quantitative estimate of drug-likeness (QED) is 0.0718. The third-order valence-electron chi connectivity index (χ3n) is 14.6.